The first-order valence-electron chi connectivity index (χ1n) is 5.64. The van der Waals surface area contributed by atoms with Crippen molar-refractivity contribution in [2.75, 3.05) is 13.2 Å². The number of carbonyl (C=O) groups is 1. The van der Waals surface area contributed by atoms with Gasteiger partial charge in [-0.25, -0.2) is 0 Å². The number of hydrogen-bond donors (Lipinski definition) is 2. The molecule has 1 aromatic carbocycles. The topological polar surface area (TPSA) is 64.4 Å². The zero-order valence-electron chi connectivity index (χ0n) is 10.7. The molecule has 0 saturated heterocycles. The monoisotopic (exact) mass is 312 g/mol. The van der Waals surface area contributed by atoms with Crippen molar-refractivity contribution in [3.05, 3.63) is 29.8 Å². The summed E-state index contributed by atoms with van der Waals surface area (Å²) in [5, 5.41) is 2.49. The van der Waals surface area contributed by atoms with Crippen LogP contribution in [0.15, 0.2) is 24.3 Å². The van der Waals surface area contributed by atoms with E-state index in [4.69, 9.17) is 10.5 Å². The predicted octanol–water partition coefficient (Wildman–Crippen LogP) is 1.97. The Morgan fingerprint density at radius 3 is 2.65 bits per heavy atom. The standard InChI is InChI=1S/C12H15F3N2O2.ClH/c1-8(16)11(18)17-5-6-19-10-4-2-3-9(7-10)12(13,14)15;/h2-4,7-8H,5-6,16H2,1H3,(H,17,18);1H/t8-;/m0./s1. The molecule has 0 bridgehead atoms. The number of halogens is 4. The fraction of sp³-hybridized carbons (Fsp3) is 0.417. The van der Waals surface area contributed by atoms with E-state index in [-0.39, 0.29) is 37.2 Å². The fourth-order valence-corrected chi connectivity index (χ4v) is 1.27. The van der Waals surface area contributed by atoms with Gasteiger partial charge in [-0.2, -0.15) is 13.2 Å². The van der Waals surface area contributed by atoms with Crippen LogP contribution in [0.3, 0.4) is 0 Å². The first-order valence-corrected chi connectivity index (χ1v) is 5.64. The average molecular weight is 313 g/mol. The number of hydrogen-bond acceptors (Lipinski definition) is 3. The van der Waals surface area contributed by atoms with Crippen molar-refractivity contribution in [1.29, 1.82) is 0 Å². The molecular formula is C12H16ClF3N2O2. The van der Waals surface area contributed by atoms with Crippen molar-refractivity contribution in [3.63, 3.8) is 0 Å². The number of amides is 1. The average Bonchev–Trinajstić information content (AvgIpc) is 2.33. The van der Waals surface area contributed by atoms with E-state index >= 15 is 0 Å². The predicted molar refractivity (Wildman–Crippen MR) is 70.8 cm³/mol. The van der Waals surface area contributed by atoms with Crippen LogP contribution in [0.25, 0.3) is 0 Å². The Morgan fingerprint density at radius 1 is 1.45 bits per heavy atom. The number of nitrogens with two attached hydrogens (primary N) is 1. The number of nitrogens with one attached hydrogen (secondary N) is 1. The molecule has 0 fully saturated rings. The summed E-state index contributed by atoms with van der Waals surface area (Å²) in [6.45, 7) is 1.78. The molecular weight excluding hydrogens is 297 g/mol. The highest BCUT2D eigenvalue weighted by Gasteiger charge is 2.30. The lowest BCUT2D eigenvalue weighted by atomic mass is 10.2. The van der Waals surface area contributed by atoms with Crippen LogP contribution in [0.4, 0.5) is 13.2 Å². The molecule has 1 amide bonds. The van der Waals surface area contributed by atoms with Crippen molar-refractivity contribution < 1.29 is 22.7 Å². The van der Waals surface area contributed by atoms with Crippen molar-refractivity contribution in [1.82, 2.24) is 5.32 Å². The summed E-state index contributed by atoms with van der Waals surface area (Å²) in [6, 6.07) is 3.92. The summed E-state index contributed by atoms with van der Waals surface area (Å²) in [6.07, 6.45) is -4.40. The lowest BCUT2D eigenvalue weighted by Gasteiger charge is -2.11. The van der Waals surface area contributed by atoms with Gasteiger partial charge in [0.25, 0.3) is 0 Å². The second-order valence-electron chi connectivity index (χ2n) is 3.95. The minimum atomic E-state index is -4.40. The zero-order chi connectivity index (χ0) is 14.5. The van der Waals surface area contributed by atoms with E-state index in [2.05, 4.69) is 5.32 Å². The van der Waals surface area contributed by atoms with Crippen LogP contribution >= 0.6 is 12.4 Å². The van der Waals surface area contributed by atoms with Crippen LogP contribution in [0.2, 0.25) is 0 Å². The summed E-state index contributed by atoms with van der Waals surface area (Å²) in [5.74, 6) is -0.238. The van der Waals surface area contributed by atoms with Crippen molar-refractivity contribution in [3.8, 4) is 5.75 Å². The number of benzene rings is 1. The lowest BCUT2D eigenvalue weighted by Crippen LogP contribution is -2.40. The SMILES string of the molecule is C[C@H](N)C(=O)NCCOc1cccc(C(F)(F)F)c1.Cl. The van der Waals surface area contributed by atoms with E-state index < -0.39 is 17.8 Å². The van der Waals surface area contributed by atoms with Crippen molar-refractivity contribution in [2.24, 2.45) is 5.73 Å². The third kappa shape index (κ3) is 6.12. The zero-order valence-corrected chi connectivity index (χ0v) is 11.6. The van der Waals surface area contributed by atoms with Gasteiger partial charge in [-0.05, 0) is 25.1 Å². The van der Waals surface area contributed by atoms with E-state index in [0.717, 1.165) is 12.1 Å². The second kappa shape index (κ2) is 7.96. The summed E-state index contributed by atoms with van der Waals surface area (Å²) in [7, 11) is 0. The van der Waals surface area contributed by atoms with Crippen LogP contribution in [0.5, 0.6) is 5.75 Å². The van der Waals surface area contributed by atoms with E-state index in [1.54, 1.807) is 0 Å². The molecule has 0 aromatic heterocycles. The Hall–Kier alpha value is -1.47. The van der Waals surface area contributed by atoms with Gasteiger partial charge in [0.1, 0.15) is 12.4 Å². The normalized spacial score (nSPS) is 12.2. The van der Waals surface area contributed by atoms with Gasteiger partial charge in [-0.3, -0.25) is 4.79 Å². The van der Waals surface area contributed by atoms with Gasteiger partial charge in [0.2, 0.25) is 5.91 Å². The highest BCUT2D eigenvalue weighted by Crippen LogP contribution is 2.31. The fourth-order valence-electron chi connectivity index (χ4n) is 1.27. The molecule has 0 aliphatic heterocycles. The summed E-state index contributed by atoms with van der Waals surface area (Å²) < 4.78 is 42.4. The van der Waals surface area contributed by atoms with Crippen LogP contribution in [0, 0.1) is 0 Å². The first-order chi connectivity index (χ1) is 8.80. The van der Waals surface area contributed by atoms with Gasteiger partial charge in [-0.1, -0.05) is 6.07 Å². The summed E-state index contributed by atoms with van der Waals surface area (Å²) in [5.41, 5.74) is 4.55. The molecule has 0 unspecified atom stereocenters. The van der Waals surface area contributed by atoms with E-state index in [9.17, 15) is 18.0 Å². The van der Waals surface area contributed by atoms with E-state index in [1.165, 1.54) is 19.1 Å². The Morgan fingerprint density at radius 2 is 2.10 bits per heavy atom. The minimum Gasteiger partial charge on any atom is -0.492 e. The molecule has 20 heavy (non-hydrogen) atoms. The molecule has 0 aliphatic carbocycles. The van der Waals surface area contributed by atoms with Gasteiger partial charge >= 0.3 is 6.18 Å². The summed E-state index contributed by atoms with van der Waals surface area (Å²) >= 11 is 0. The summed E-state index contributed by atoms with van der Waals surface area (Å²) in [4.78, 5) is 11.1. The van der Waals surface area contributed by atoms with Crippen LogP contribution in [-0.4, -0.2) is 25.1 Å². The van der Waals surface area contributed by atoms with Crippen LogP contribution < -0.4 is 15.8 Å². The molecule has 0 spiro atoms. The second-order valence-corrected chi connectivity index (χ2v) is 3.95. The largest absolute Gasteiger partial charge is 0.492 e. The quantitative estimate of drug-likeness (QED) is 0.817. The molecule has 1 aromatic rings. The molecule has 1 rings (SSSR count). The highest BCUT2D eigenvalue weighted by molar-refractivity contribution is 5.85. The van der Waals surface area contributed by atoms with Gasteiger partial charge < -0.3 is 15.8 Å². The lowest BCUT2D eigenvalue weighted by molar-refractivity contribution is -0.137. The third-order valence-corrected chi connectivity index (χ3v) is 2.24. The van der Waals surface area contributed by atoms with Crippen LogP contribution in [0.1, 0.15) is 12.5 Å². The van der Waals surface area contributed by atoms with Crippen molar-refractivity contribution in [2.45, 2.75) is 19.1 Å². The maximum atomic E-state index is 12.4. The smallest absolute Gasteiger partial charge is 0.416 e. The number of ether oxygens (including phenoxy) is 1. The molecule has 114 valence electrons. The van der Waals surface area contributed by atoms with Gasteiger partial charge in [0.15, 0.2) is 0 Å². The Labute approximate surface area is 120 Å². The number of carbonyl (C=O) groups excluding carboxylic acids is 1. The van der Waals surface area contributed by atoms with Gasteiger partial charge in [0, 0.05) is 0 Å². The Kier molecular flexibility index (Phi) is 7.38. The molecule has 0 aliphatic rings. The highest BCUT2D eigenvalue weighted by atomic mass is 35.5. The van der Waals surface area contributed by atoms with Crippen LogP contribution in [-0.2, 0) is 11.0 Å². The van der Waals surface area contributed by atoms with Crippen molar-refractivity contribution >= 4 is 18.3 Å². The molecule has 0 saturated carbocycles. The maximum Gasteiger partial charge on any atom is 0.416 e. The molecule has 1 atom stereocenters. The van der Waals surface area contributed by atoms with E-state index in [1.807, 2.05) is 0 Å². The molecule has 8 heteroatoms. The number of alkyl halides is 3. The molecule has 0 radical (unpaired) electrons. The maximum absolute atomic E-state index is 12.4. The van der Waals surface area contributed by atoms with Gasteiger partial charge in [0.05, 0.1) is 18.2 Å². The number of rotatable bonds is 5. The molecule has 0 heterocycles. The first kappa shape index (κ1) is 18.5. The van der Waals surface area contributed by atoms with E-state index in [0.29, 0.717) is 0 Å². The molecule has 3 N–H and O–H groups in total. The minimum absolute atomic E-state index is 0. The van der Waals surface area contributed by atoms with Gasteiger partial charge in [-0.15, -0.1) is 12.4 Å². The Bertz CT molecular complexity index is 439. The molecule has 4 nitrogen and oxygen atoms in total. The Balaban J connectivity index is 0.00000361. The third-order valence-electron chi connectivity index (χ3n) is 2.24.